The summed E-state index contributed by atoms with van der Waals surface area (Å²) in [5.74, 6) is 1.63. The van der Waals surface area contributed by atoms with E-state index in [1.807, 2.05) is 11.8 Å². The van der Waals surface area contributed by atoms with E-state index in [0.29, 0.717) is 17.7 Å². The van der Waals surface area contributed by atoms with Gasteiger partial charge in [0.2, 0.25) is 5.91 Å². The van der Waals surface area contributed by atoms with Gasteiger partial charge >= 0.3 is 0 Å². The third-order valence-corrected chi connectivity index (χ3v) is 4.10. The molecule has 0 bridgehead atoms. The number of nitrogens with zero attached hydrogens (tertiary/aromatic N) is 1. The van der Waals surface area contributed by atoms with E-state index >= 15 is 0 Å². The molecule has 0 aromatic carbocycles. The molecule has 2 nitrogen and oxygen atoms in total. The SMILES string of the molecule is CCN1CCC(C(C)C)CC1=O.c1cc2ccc1-2. The Kier molecular flexibility index (Phi) is 4.05. The number of likely N-dealkylation sites (tertiary alicyclic amines) is 1. The third-order valence-electron chi connectivity index (χ3n) is 4.10. The minimum Gasteiger partial charge on any atom is -0.343 e. The molecule has 1 saturated heterocycles. The first kappa shape index (κ1) is 13.1. The van der Waals surface area contributed by atoms with Crippen LogP contribution in [0.3, 0.4) is 0 Å². The molecule has 98 valence electrons. The number of amides is 1. The van der Waals surface area contributed by atoms with E-state index in [1.165, 1.54) is 17.5 Å². The van der Waals surface area contributed by atoms with E-state index < -0.39 is 0 Å². The highest BCUT2D eigenvalue weighted by Crippen LogP contribution is 2.29. The fraction of sp³-hybridized carbons (Fsp3) is 0.562. The average Bonchev–Trinajstić information content (AvgIpc) is 2.34. The number of carbonyl (C=O) groups excluding carboxylic acids is 1. The number of rotatable bonds is 2. The second kappa shape index (κ2) is 5.55. The van der Waals surface area contributed by atoms with Crippen LogP contribution >= 0.6 is 0 Å². The zero-order valence-corrected chi connectivity index (χ0v) is 11.6. The first-order valence-corrected chi connectivity index (χ1v) is 7.00. The first-order valence-electron chi connectivity index (χ1n) is 7.00. The Morgan fingerprint density at radius 1 is 1.22 bits per heavy atom. The summed E-state index contributed by atoms with van der Waals surface area (Å²) < 4.78 is 0. The van der Waals surface area contributed by atoms with Crippen LogP contribution in [0.4, 0.5) is 0 Å². The Hall–Kier alpha value is -1.31. The Balaban J connectivity index is 0.000000164. The summed E-state index contributed by atoms with van der Waals surface area (Å²) in [6.07, 6.45) is 1.96. The molecule has 1 amide bonds. The number of carbonyl (C=O) groups is 1. The van der Waals surface area contributed by atoms with Crippen LogP contribution in [0.5, 0.6) is 0 Å². The summed E-state index contributed by atoms with van der Waals surface area (Å²) >= 11 is 0. The summed E-state index contributed by atoms with van der Waals surface area (Å²) in [6.45, 7) is 8.31. The lowest BCUT2D eigenvalue weighted by Gasteiger charge is -2.32. The van der Waals surface area contributed by atoms with Gasteiger partial charge in [-0.2, -0.15) is 0 Å². The zero-order valence-electron chi connectivity index (χ0n) is 11.6. The predicted molar refractivity (Wildman–Crippen MR) is 75.3 cm³/mol. The van der Waals surface area contributed by atoms with Crippen molar-refractivity contribution in [2.24, 2.45) is 11.8 Å². The molecule has 1 unspecified atom stereocenters. The van der Waals surface area contributed by atoms with Crippen molar-refractivity contribution in [2.45, 2.75) is 33.6 Å². The monoisotopic (exact) mass is 245 g/mol. The third kappa shape index (κ3) is 2.74. The predicted octanol–water partition coefficient (Wildman–Crippen LogP) is 3.57. The Morgan fingerprint density at radius 2 is 1.78 bits per heavy atom. The summed E-state index contributed by atoms with van der Waals surface area (Å²) in [5.41, 5.74) is 2.85. The summed E-state index contributed by atoms with van der Waals surface area (Å²) in [7, 11) is 0. The molecule has 2 aliphatic carbocycles. The molecule has 1 aliphatic heterocycles. The number of hydrogen-bond donors (Lipinski definition) is 0. The first-order chi connectivity index (χ1) is 8.61. The van der Waals surface area contributed by atoms with E-state index in [0.717, 1.165) is 19.5 Å². The largest absolute Gasteiger partial charge is 0.343 e. The Bertz CT molecular complexity index is 387. The smallest absolute Gasteiger partial charge is 0.222 e. The molecule has 0 radical (unpaired) electrons. The van der Waals surface area contributed by atoms with Crippen LogP contribution < -0.4 is 0 Å². The summed E-state index contributed by atoms with van der Waals surface area (Å²) in [4.78, 5) is 13.4. The summed E-state index contributed by atoms with van der Waals surface area (Å²) in [5, 5.41) is 0. The summed E-state index contributed by atoms with van der Waals surface area (Å²) in [6, 6.07) is 8.48. The maximum absolute atomic E-state index is 11.5. The minimum atomic E-state index is 0.349. The van der Waals surface area contributed by atoms with Gasteiger partial charge in [0.05, 0.1) is 0 Å². The van der Waals surface area contributed by atoms with E-state index in [1.54, 1.807) is 0 Å². The fourth-order valence-electron chi connectivity index (χ4n) is 2.47. The van der Waals surface area contributed by atoms with Crippen molar-refractivity contribution in [3.05, 3.63) is 24.3 Å². The van der Waals surface area contributed by atoms with Gasteiger partial charge in [0.1, 0.15) is 0 Å². The highest BCUT2D eigenvalue weighted by Gasteiger charge is 2.26. The molecule has 18 heavy (non-hydrogen) atoms. The van der Waals surface area contributed by atoms with Crippen LogP contribution in [-0.4, -0.2) is 23.9 Å². The van der Waals surface area contributed by atoms with Gasteiger partial charge in [0, 0.05) is 19.5 Å². The van der Waals surface area contributed by atoms with Gasteiger partial charge in [0.15, 0.2) is 0 Å². The number of hydrogen-bond acceptors (Lipinski definition) is 1. The van der Waals surface area contributed by atoms with Gasteiger partial charge in [0.25, 0.3) is 0 Å². The van der Waals surface area contributed by atoms with Gasteiger partial charge in [-0.15, -0.1) is 0 Å². The number of fused-ring (bicyclic) bond motifs is 1. The Morgan fingerprint density at radius 3 is 2.06 bits per heavy atom. The second-order valence-corrected chi connectivity index (χ2v) is 5.55. The van der Waals surface area contributed by atoms with Gasteiger partial charge in [-0.1, -0.05) is 38.1 Å². The van der Waals surface area contributed by atoms with Gasteiger partial charge < -0.3 is 4.90 Å². The van der Waals surface area contributed by atoms with Crippen LogP contribution in [0.25, 0.3) is 11.1 Å². The quantitative estimate of drug-likeness (QED) is 0.792. The molecular weight excluding hydrogens is 222 g/mol. The van der Waals surface area contributed by atoms with E-state index in [4.69, 9.17) is 0 Å². The topological polar surface area (TPSA) is 20.3 Å². The molecule has 0 aromatic rings. The molecule has 1 heterocycles. The fourth-order valence-corrected chi connectivity index (χ4v) is 2.47. The van der Waals surface area contributed by atoms with E-state index in [2.05, 4.69) is 38.1 Å². The van der Waals surface area contributed by atoms with Crippen LogP contribution in [0.15, 0.2) is 24.3 Å². The lowest BCUT2D eigenvalue weighted by molar-refractivity contribution is -0.135. The Labute approximate surface area is 110 Å². The molecule has 0 N–H and O–H groups in total. The van der Waals surface area contributed by atoms with Gasteiger partial charge in [-0.05, 0) is 36.3 Å². The van der Waals surface area contributed by atoms with Crippen molar-refractivity contribution < 1.29 is 4.79 Å². The maximum Gasteiger partial charge on any atom is 0.222 e. The average molecular weight is 245 g/mol. The highest BCUT2D eigenvalue weighted by molar-refractivity contribution is 5.77. The van der Waals surface area contributed by atoms with E-state index in [9.17, 15) is 4.79 Å². The molecule has 2 heteroatoms. The number of piperidine rings is 1. The second-order valence-electron chi connectivity index (χ2n) is 5.55. The van der Waals surface area contributed by atoms with Crippen molar-refractivity contribution >= 4 is 5.91 Å². The molecule has 0 aromatic heterocycles. The normalized spacial score (nSPS) is 20.6. The van der Waals surface area contributed by atoms with Crippen molar-refractivity contribution in [3.63, 3.8) is 0 Å². The standard InChI is InChI=1S/C10H19NO.C6H4/c1-4-11-6-5-9(8(2)3)7-10(11)12;1-2-6-4-3-5(1)6/h8-9H,4-7H2,1-3H3;1-4H. The molecule has 0 spiro atoms. The van der Waals surface area contributed by atoms with Crippen LogP contribution in [0, 0.1) is 11.8 Å². The van der Waals surface area contributed by atoms with Crippen molar-refractivity contribution in [1.29, 1.82) is 0 Å². The molecule has 0 saturated carbocycles. The lowest BCUT2D eigenvalue weighted by Crippen LogP contribution is -2.39. The zero-order chi connectivity index (χ0) is 13.1. The maximum atomic E-state index is 11.5. The van der Waals surface area contributed by atoms with Crippen molar-refractivity contribution in [3.8, 4) is 11.1 Å². The van der Waals surface area contributed by atoms with Crippen molar-refractivity contribution in [2.75, 3.05) is 13.1 Å². The molecule has 3 aliphatic rings. The van der Waals surface area contributed by atoms with Crippen LogP contribution in [0.2, 0.25) is 0 Å². The minimum absolute atomic E-state index is 0.349. The van der Waals surface area contributed by atoms with Crippen LogP contribution in [0.1, 0.15) is 33.6 Å². The molecule has 3 rings (SSSR count). The van der Waals surface area contributed by atoms with Crippen molar-refractivity contribution in [1.82, 2.24) is 4.90 Å². The molecule has 1 atom stereocenters. The number of benzene rings is 1. The highest BCUT2D eigenvalue weighted by atomic mass is 16.2. The van der Waals surface area contributed by atoms with Gasteiger partial charge in [-0.3, -0.25) is 4.79 Å². The lowest BCUT2D eigenvalue weighted by atomic mass is 9.86. The molecular formula is C16H23NO. The van der Waals surface area contributed by atoms with Gasteiger partial charge in [-0.25, -0.2) is 0 Å². The molecule has 1 fully saturated rings. The van der Waals surface area contributed by atoms with Crippen LogP contribution in [-0.2, 0) is 4.79 Å². The van der Waals surface area contributed by atoms with E-state index in [-0.39, 0.29) is 0 Å².